The van der Waals surface area contributed by atoms with E-state index in [9.17, 15) is 4.39 Å². The molecule has 3 aromatic rings. The van der Waals surface area contributed by atoms with Crippen LogP contribution in [0.2, 0.25) is 0 Å². The fourth-order valence-corrected chi connectivity index (χ4v) is 1.86. The topological polar surface area (TPSA) is 43.9 Å². The van der Waals surface area contributed by atoms with Crippen molar-refractivity contribution in [3.8, 4) is 0 Å². The molecule has 0 spiro atoms. The number of rotatable bonds is 2. The van der Waals surface area contributed by atoms with Gasteiger partial charge in [-0.1, -0.05) is 0 Å². The SMILES string of the molecule is Cc1nnc(Cn2ccc3cc(F)ccc32)o1. The third-order valence-electron chi connectivity index (χ3n) is 2.61. The molecule has 2 aromatic heterocycles. The van der Waals surface area contributed by atoms with Crippen molar-refractivity contribution in [1.29, 1.82) is 0 Å². The van der Waals surface area contributed by atoms with E-state index in [1.54, 1.807) is 13.0 Å². The summed E-state index contributed by atoms with van der Waals surface area (Å²) in [6, 6.07) is 6.55. The molecule has 0 unspecified atom stereocenters. The van der Waals surface area contributed by atoms with E-state index >= 15 is 0 Å². The van der Waals surface area contributed by atoms with E-state index in [-0.39, 0.29) is 5.82 Å². The quantitative estimate of drug-likeness (QED) is 0.680. The zero-order chi connectivity index (χ0) is 11.8. The van der Waals surface area contributed by atoms with Gasteiger partial charge in [-0.3, -0.25) is 0 Å². The largest absolute Gasteiger partial charge is 0.424 e. The second-order valence-corrected chi connectivity index (χ2v) is 3.86. The third kappa shape index (κ3) is 1.80. The summed E-state index contributed by atoms with van der Waals surface area (Å²) < 4.78 is 20.3. The fourth-order valence-electron chi connectivity index (χ4n) is 1.86. The zero-order valence-electron chi connectivity index (χ0n) is 9.22. The van der Waals surface area contributed by atoms with Crippen LogP contribution in [0.4, 0.5) is 4.39 Å². The average Bonchev–Trinajstić information content (AvgIpc) is 2.86. The van der Waals surface area contributed by atoms with Gasteiger partial charge >= 0.3 is 0 Å². The molecule has 86 valence electrons. The predicted molar refractivity (Wildman–Crippen MR) is 60.0 cm³/mol. The van der Waals surface area contributed by atoms with Crippen molar-refractivity contribution >= 4 is 10.9 Å². The fraction of sp³-hybridized carbons (Fsp3) is 0.167. The molecule has 0 aliphatic carbocycles. The highest BCUT2D eigenvalue weighted by Gasteiger charge is 2.06. The molecule has 1 aromatic carbocycles. The minimum Gasteiger partial charge on any atom is -0.424 e. The van der Waals surface area contributed by atoms with Gasteiger partial charge in [0.25, 0.3) is 0 Å². The van der Waals surface area contributed by atoms with Crippen LogP contribution in [-0.2, 0) is 6.54 Å². The molecule has 17 heavy (non-hydrogen) atoms. The molecule has 0 saturated heterocycles. The van der Waals surface area contributed by atoms with Crippen LogP contribution in [-0.4, -0.2) is 14.8 Å². The standard InChI is InChI=1S/C12H10FN3O/c1-8-14-15-12(17-8)7-16-5-4-9-6-10(13)2-3-11(9)16/h2-6H,7H2,1H3. The summed E-state index contributed by atoms with van der Waals surface area (Å²) >= 11 is 0. The molecule has 0 N–H and O–H groups in total. The molecular weight excluding hydrogens is 221 g/mol. The molecule has 0 bridgehead atoms. The number of hydrogen-bond acceptors (Lipinski definition) is 3. The number of nitrogens with zero attached hydrogens (tertiary/aromatic N) is 3. The molecule has 0 radical (unpaired) electrons. The summed E-state index contributed by atoms with van der Waals surface area (Å²) in [5, 5.41) is 8.57. The third-order valence-corrected chi connectivity index (χ3v) is 2.61. The van der Waals surface area contributed by atoms with Gasteiger partial charge < -0.3 is 8.98 Å². The Morgan fingerprint density at radius 2 is 2.18 bits per heavy atom. The van der Waals surface area contributed by atoms with Gasteiger partial charge in [0.05, 0.1) is 0 Å². The first kappa shape index (κ1) is 10.0. The van der Waals surface area contributed by atoms with E-state index in [2.05, 4.69) is 10.2 Å². The molecule has 3 rings (SSSR count). The number of aryl methyl sites for hydroxylation is 1. The van der Waals surface area contributed by atoms with Crippen molar-refractivity contribution in [2.75, 3.05) is 0 Å². The Morgan fingerprint density at radius 3 is 2.94 bits per heavy atom. The van der Waals surface area contributed by atoms with Gasteiger partial charge in [0.2, 0.25) is 11.8 Å². The van der Waals surface area contributed by atoms with E-state index < -0.39 is 0 Å². The van der Waals surface area contributed by atoms with Crippen molar-refractivity contribution in [2.45, 2.75) is 13.5 Å². The minimum absolute atomic E-state index is 0.233. The van der Waals surface area contributed by atoms with Crippen LogP contribution in [0.25, 0.3) is 10.9 Å². The molecule has 0 aliphatic rings. The van der Waals surface area contributed by atoms with Crippen molar-refractivity contribution in [3.05, 3.63) is 48.1 Å². The Labute approximate surface area is 96.7 Å². The predicted octanol–water partition coefficient (Wildman–Crippen LogP) is 2.52. The first-order chi connectivity index (χ1) is 8.22. The molecule has 0 fully saturated rings. The van der Waals surface area contributed by atoms with E-state index in [4.69, 9.17) is 4.42 Å². The minimum atomic E-state index is -0.233. The maximum atomic E-state index is 13.0. The molecule has 2 heterocycles. The molecule has 0 amide bonds. The first-order valence-corrected chi connectivity index (χ1v) is 5.26. The Balaban J connectivity index is 2.00. The second-order valence-electron chi connectivity index (χ2n) is 3.86. The summed E-state index contributed by atoms with van der Waals surface area (Å²) in [7, 11) is 0. The highest BCUT2D eigenvalue weighted by atomic mass is 19.1. The van der Waals surface area contributed by atoms with Gasteiger partial charge in [0.15, 0.2) is 0 Å². The number of fused-ring (bicyclic) bond motifs is 1. The van der Waals surface area contributed by atoms with Gasteiger partial charge in [-0.25, -0.2) is 4.39 Å². The summed E-state index contributed by atoms with van der Waals surface area (Å²) in [6.45, 7) is 2.25. The van der Waals surface area contributed by atoms with Crippen molar-refractivity contribution in [1.82, 2.24) is 14.8 Å². The Morgan fingerprint density at radius 1 is 1.29 bits per heavy atom. The van der Waals surface area contributed by atoms with Gasteiger partial charge in [0, 0.05) is 24.0 Å². The summed E-state index contributed by atoms with van der Waals surface area (Å²) in [5.41, 5.74) is 0.947. The normalized spacial score (nSPS) is 11.2. The number of halogens is 1. The average molecular weight is 231 g/mol. The summed E-state index contributed by atoms with van der Waals surface area (Å²) in [6.07, 6.45) is 1.88. The van der Waals surface area contributed by atoms with E-state index in [0.29, 0.717) is 18.3 Å². The summed E-state index contributed by atoms with van der Waals surface area (Å²) in [4.78, 5) is 0. The van der Waals surface area contributed by atoms with Crippen LogP contribution in [0.1, 0.15) is 11.8 Å². The Kier molecular flexibility index (Phi) is 2.18. The maximum absolute atomic E-state index is 13.0. The van der Waals surface area contributed by atoms with Crippen molar-refractivity contribution < 1.29 is 8.81 Å². The van der Waals surface area contributed by atoms with E-state index in [1.807, 2.05) is 16.8 Å². The Hall–Kier alpha value is -2.17. The van der Waals surface area contributed by atoms with Crippen LogP contribution in [0.15, 0.2) is 34.9 Å². The second kappa shape index (κ2) is 3.69. The molecular formula is C12H10FN3O. The molecule has 0 aliphatic heterocycles. The van der Waals surface area contributed by atoms with Crippen LogP contribution in [0.3, 0.4) is 0 Å². The number of aromatic nitrogens is 3. The highest BCUT2D eigenvalue weighted by molar-refractivity contribution is 5.80. The van der Waals surface area contributed by atoms with Crippen LogP contribution < -0.4 is 0 Å². The monoisotopic (exact) mass is 231 g/mol. The smallest absolute Gasteiger partial charge is 0.236 e. The van der Waals surface area contributed by atoms with E-state index in [1.165, 1.54) is 12.1 Å². The lowest BCUT2D eigenvalue weighted by atomic mass is 10.2. The lowest BCUT2D eigenvalue weighted by Crippen LogP contribution is -1.98. The lowest BCUT2D eigenvalue weighted by molar-refractivity contribution is 0.457. The van der Waals surface area contributed by atoms with Crippen LogP contribution in [0.5, 0.6) is 0 Å². The highest BCUT2D eigenvalue weighted by Crippen LogP contribution is 2.18. The van der Waals surface area contributed by atoms with Gasteiger partial charge in [-0.2, -0.15) is 0 Å². The molecule has 0 atom stereocenters. The van der Waals surface area contributed by atoms with E-state index in [0.717, 1.165) is 10.9 Å². The number of hydrogen-bond donors (Lipinski definition) is 0. The lowest BCUT2D eigenvalue weighted by Gasteiger charge is -2.01. The van der Waals surface area contributed by atoms with Crippen molar-refractivity contribution in [3.63, 3.8) is 0 Å². The number of benzene rings is 1. The first-order valence-electron chi connectivity index (χ1n) is 5.26. The molecule has 5 heteroatoms. The molecule has 0 saturated carbocycles. The van der Waals surface area contributed by atoms with Gasteiger partial charge in [-0.05, 0) is 24.3 Å². The Bertz CT molecular complexity index is 671. The van der Waals surface area contributed by atoms with Crippen molar-refractivity contribution in [2.24, 2.45) is 0 Å². The summed E-state index contributed by atoms with van der Waals surface area (Å²) in [5.74, 6) is 0.857. The van der Waals surface area contributed by atoms with Crippen LogP contribution in [0, 0.1) is 12.7 Å². The van der Waals surface area contributed by atoms with Gasteiger partial charge in [0.1, 0.15) is 12.4 Å². The van der Waals surface area contributed by atoms with Gasteiger partial charge in [-0.15, -0.1) is 10.2 Å². The zero-order valence-corrected chi connectivity index (χ0v) is 9.22. The maximum Gasteiger partial charge on any atom is 0.236 e. The molecule has 4 nitrogen and oxygen atoms in total. The van der Waals surface area contributed by atoms with Crippen LogP contribution >= 0.6 is 0 Å².